The van der Waals surface area contributed by atoms with E-state index in [0.29, 0.717) is 51.0 Å². The molecule has 0 aliphatic carbocycles. The third kappa shape index (κ3) is 6.03. The number of ether oxygens (including phenoxy) is 1. The van der Waals surface area contributed by atoms with Crippen molar-refractivity contribution in [2.75, 3.05) is 17.7 Å². The van der Waals surface area contributed by atoms with Crippen molar-refractivity contribution in [3.05, 3.63) is 58.1 Å². The van der Waals surface area contributed by atoms with Crippen LogP contribution >= 0.6 is 35.0 Å². The second-order valence-electron chi connectivity index (χ2n) is 6.73. The predicted octanol–water partition coefficient (Wildman–Crippen LogP) is 5.57. The summed E-state index contributed by atoms with van der Waals surface area (Å²) in [5, 5.41) is 12.9. The minimum absolute atomic E-state index is 0.122. The number of hydrogen-bond acceptors (Lipinski definition) is 6. The maximum atomic E-state index is 12.5. The number of anilines is 1. The standard InChI is InChI=1S/C22H22Cl2N4O3S/c1-3-10-31-21(30)14-6-5-7-16(11-14)25-19(29)13-32-22-27-26-20(28(22)4-2)17-9-8-15(23)12-18(17)24/h5-9,11-12H,3-4,10,13H2,1-2H3,(H,25,29). The van der Waals surface area contributed by atoms with E-state index in [9.17, 15) is 9.59 Å². The maximum absolute atomic E-state index is 12.5. The number of benzene rings is 2. The minimum Gasteiger partial charge on any atom is -0.462 e. The molecule has 2 aromatic carbocycles. The Morgan fingerprint density at radius 1 is 1.12 bits per heavy atom. The van der Waals surface area contributed by atoms with Crippen LogP contribution in [0.25, 0.3) is 11.4 Å². The monoisotopic (exact) mass is 492 g/mol. The quantitative estimate of drug-likeness (QED) is 0.310. The third-order valence-electron chi connectivity index (χ3n) is 4.36. The molecule has 0 atom stereocenters. The number of amides is 1. The van der Waals surface area contributed by atoms with E-state index in [1.807, 2.05) is 18.4 Å². The Hall–Kier alpha value is -2.55. The number of hydrogen-bond donors (Lipinski definition) is 1. The van der Waals surface area contributed by atoms with E-state index in [1.54, 1.807) is 42.5 Å². The average Bonchev–Trinajstić information content (AvgIpc) is 3.18. The molecule has 10 heteroatoms. The maximum Gasteiger partial charge on any atom is 0.338 e. The van der Waals surface area contributed by atoms with Gasteiger partial charge in [-0.05, 0) is 49.7 Å². The first-order chi connectivity index (χ1) is 15.4. The van der Waals surface area contributed by atoms with Crippen LogP contribution in [0.15, 0.2) is 47.6 Å². The molecule has 3 rings (SSSR count). The van der Waals surface area contributed by atoms with Crippen LogP contribution in [-0.4, -0.2) is 39.0 Å². The average molecular weight is 493 g/mol. The summed E-state index contributed by atoms with van der Waals surface area (Å²) in [5.74, 6) is 0.0831. The van der Waals surface area contributed by atoms with Crippen molar-refractivity contribution in [2.45, 2.75) is 32.0 Å². The Kier molecular flexibility index (Phi) is 8.55. The van der Waals surface area contributed by atoms with Gasteiger partial charge < -0.3 is 14.6 Å². The van der Waals surface area contributed by atoms with E-state index >= 15 is 0 Å². The third-order valence-corrected chi connectivity index (χ3v) is 5.87. The number of carbonyl (C=O) groups excluding carboxylic acids is 2. The van der Waals surface area contributed by atoms with Gasteiger partial charge >= 0.3 is 5.97 Å². The lowest BCUT2D eigenvalue weighted by Gasteiger charge is -2.09. The largest absolute Gasteiger partial charge is 0.462 e. The van der Waals surface area contributed by atoms with Gasteiger partial charge in [0.1, 0.15) is 0 Å². The lowest BCUT2D eigenvalue weighted by Crippen LogP contribution is -2.15. The molecule has 1 aromatic heterocycles. The highest BCUT2D eigenvalue weighted by Gasteiger charge is 2.17. The summed E-state index contributed by atoms with van der Waals surface area (Å²) in [7, 11) is 0. The molecule has 7 nitrogen and oxygen atoms in total. The summed E-state index contributed by atoms with van der Waals surface area (Å²) in [6.07, 6.45) is 0.744. The fourth-order valence-electron chi connectivity index (χ4n) is 2.88. The van der Waals surface area contributed by atoms with Crippen LogP contribution in [0.2, 0.25) is 10.0 Å². The molecule has 0 bridgehead atoms. The van der Waals surface area contributed by atoms with Crippen LogP contribution in [-0.2, 0) is 16.1 Å². The first-order valence-corrected chi connectivity index (χ1v) is 11.8. The van der Waals surface area contributed by atoms with Crippen molar-refractivity contribution < 1.29 is 14.3 Å². The Bertz CT molecular complexity index is 1120. The molecule has 3 aromatic rings. The van der Waals surface area contributed by atoms with Gasteiger partial charge in [0.05, 0.1) is 22.9 Å². The van der Waals surface area contributed by atoms with E-state index in [4.69, 9.17) is 27.9 Å². The zero-order chi connectivity index (χ0) is 23.1. The van der Waals surface area contributed by atoms with Crippen molar-refractivity contribution in [3.8, 4) is 11.4 Å². The molecule has 0 aliphatic heterocycles. The predicted molar refractivity (Wildman–Crippen MR) is 128 cm³/mol. The van der Waals surface area contributed by atoms with Gasteiger partial charge in [-0.2, -0.15) is 0 Å². The first-order valence-electron chi connectivity index (χ1n) is 10.0. The molecule has 0 radical (unpaired) electrons. The van der Waals surface area contributed by atoms with E-state index in [2.05, 4.69) is 15.5 Å². The minimum atomic E-state index is -0.415. The van der Waals surface area contributed by atoms with E-state index in [0.717, 1.165) is 6.42 Å². The summed E-state index contributed by atoms with van der Waals surface area (Å²) in [6.45, 7) is 4.85. The van der Waals surface area contributed by atoms with Crippen LogP contribution in [0.3, 0.4) is 0 Å². The summed E-state index contributed by atoms with van der Waals surface area (Å²) in [4.78, 5) is 24.5. The highest BCUT2D eigenvalue weighted by Crippen LogP contribution is 2.31. The number of carbonyl (C=O) groups is 2. The van der Waals surface area contributed by atoms with E-state index in [-0.39, 0.29) is 11.7 Å². The van der Waals surface area contributed by atoms with Crippen molar-refractivity contribution >= 4 is 52.5 Å². The SMILES string of the molecule is CCCOC(=O)c1cccc(NC(=O)CSc2nnc(-c3ccc(Cl)cc3Cl)n2CC)c1. The summed E-state index contributed by atoms with van der Waals surface area (Å²) < 4.78 is 7.02. The van der Waals surface area contributed by atoms with Crippen LogP contribution < -0.4 is 5.32 Å². The van der Waals surface area contributed by atoms with Gasteiger partial charge in [0.2, 0.25) is 5.91 Å². The van der Waals surface area contributed by atoms with Crippen LogP contribution in [0.5, 0.6) is 0 Å². The molecule has 32 heavy (non-hydrogen) atoms. The van der Waals surface area contributed by atoms with Crippen molar-refractivity contribution in [2.24, 2.45) is 0 Å². The molecule has 0 aliphatic rings. The van der Waals surface area contributed by atoms with Gasteiger partial charge in [-0.3, -0.25) is 4.79 Å². The summed E-state index contributed by atoms with van der Waals surface area (Å²) in [5.41, 5.74) is 1.62. The number of nitrogens with zero attached hydrogens (tertiary/aromatic N) is 3. The topological polar surface area (TPSA) is 86.1 Å². The Labute approximate surface area is 200 Å². The van der Waals surface area contributed by atoms with Crippen molar-refractivity contribution in [3.63, 3.8) is 0 Å². The molecule has 0 saturated carbocycles. The number of aromatic nitrogens is 3. The molecular weight excluding hydrogens is 471 g/mol. The lowest BCUT2D eigenvalue weighted by molar-refractivity contribution is -0.113. The molecule has 0 unspecified atom stereocenters. The van der Waals surface area contributed by atoms with E-state index < -0.39 is 5.97 Å². The first kappa shape index (κ1) is 24.1. The van der Waals surface area contributed by atoms with Gasteiger partial charge in [-0.15, -0.1) is 10.2 Å². The molecule has 0 saturated heterocycles. The fraction of sp³-hybridized carbons (Fsp3) is 0.273. The highest BCUT2D eigenvalue weighted by atomic mass is 35.5. The molecule has 0 spiro atoms. The van der Waals surface area contributed by atoms with Gasteiger partial charge in [-0.25, -0.2) is 4.79 Å². The van der Waals surface area contributed by atoms with Crippen molar-refractivity contribution in [1.82, 2.24) is 14.8 Å². The second-order valence-corrected chi connectivity index (χ2v) is 8.51. The fourth-order valence-corrected chi connectivity index (χ4v) is 4.18. The van der Waals surface area contributed by atoms with Gasteiger partial charge in [0, 0.05) is 22.8 Å². The van der Waals surface area contributed by atoms with Gasteiger partial charge in [0.25, 0.3) is 0 Å². The molecule has 0 fully saturated rings. The van der Waals surface area contributed by atoms with E-state index in [1.165, 1.54) is 11.8 Å². The van der Waals surface area contributed by atoms with Crippen LogP contribution in [0.1, 0.15) is 30.6 Å². The highest BCUT2D eigenvalue weighted by molar-refractivity contribution is 7.99. The number of thioether (sulfide) groups is 1. The zero-order valence-electron chi connectivity index (χ0n) is 17.6. The molecule has 1 amide bonds. The molecule has 1 heterocycles. The molecule has 168 valence electrons. The Balaban J connectivity index is 1.65. The van der Waals surface area contributed by atoms with Crippen LogP contribution in [0, 0.1) is 0 Å². The number of halogens is 2. The van der Waals surface area contributed by atoms with Crippen LogP contribution in [0.4, 0.5) is 5.69 Å². The number of nitrogens with one attached hydrogen (secondary N) is 1. The lowest BCUT2D eigenvalue weighted by atomic mass is 10.2. The Morgan fingerprint density at radius 2 is 1.94 bits per heavy atom. The van der Waals surface area contributed by atoms with Gasteiger partial charge in [0.15, 0.2) is 11.0 Å². The molecule has 1 N–H and O–H groups in total. The number of rotatable bonds is 9. The Morgan fingerprint density at radius 3 is 2.66 bits per heavy atom. The van der Waals surface area contributed by atoms with Crippen molar-refractivity contribution in [1.29, 1.82) is 0 Å². The summed E-state index contributed by atoms with van der Waals surface area (Å²) >= 11 is 13.6. The smallest absolute Gasteiger partial charge is 0.338 e. The normalized spacial score (nSPS) is 10.8. The second kappa shape index (κ2) is 11.4. The summed E-state index contributed by atoms with van der Waals surface area (Å²) in [6, 6.07) is 11.8. The number of esters is 1. The zero-order valence-corrected chi connectivity index (χ0v) is 19.9. The van der Waals surface area contributed by atoms with Gasteiger partial charge in [-0.1, -0.05) is 48.0 Å². The molecular formula is C22H22Cl2N4O3S.